The standard InChI is InChI=1S/C8H13N5/c1-2-3-4-7(12-10)6-5-11-13-8(6)9/h1,5,7,12H,3-4,10H2,(H3,9,11,13). The van der Waals surface area contributed by atoms with Gasteiger partial charge < -0.3 is 5.73 Å². The molecule has 0 fully saturated rings. The maximum atomic E-state index is 5.62. The molecule has 1 atom stereocenters. The van der Waals surface area contributed by atoms with Gasteiger partial charge in [0.2, 0.25) is 0 Å². The van der Waals surface area contributed by atoms with Crippen LogP contribution in [0.1, 0.15) is 24.4 Å². The summed E-state index contributed by atoms with van der Waals surface area (Å²) >= 11 is 0. The van der Waals surface area contributed by atoms with Crippen LogP contribution in [0.15, 0.2) is 6.20 Å². The molecule has 1 aromatic heterocycles. The van der Waals surface area contributed by atoms with Crippen molar-refractivity contribution in [2.24, 2.45) is 5.84 Å². The monoisotopic (exact) mass is 179 g/mol. The number of hydrazine groups is 1. The van der Waals surface area contributed by atoms with E-state index in [0.29, 0.717) is 12.2 Å². The first-order valence-corrected chi connectivity index (χ1v) is 3.98. The molecule has 1 unspecified atom stereocenters. The van der Waals surface area contributed by atoms with Crippen molar-refractivity contribution < 1.29 is 0 Å². The van der Waals surface area contributed by atoms with Crippen molar-refractivity contribution in [1.82, 2.24) is 15.6 Å². The third kappa shape index (κ3) is 2.21. The molecule has 13 heavy (non-hydrogen) atoms. The molecular formula is C8H13N5. The van der Waals surface area contributed by atoms with Gasteiger partial charge in [0.15, 0.2) is 0 Å². The highest BCUT2D eigenvalue weighted by Crippen LogP contribution is 2.20. The third-order valence-electron chi connectivity index (χ3n) is 1.85. The Morgan fingerprint density at radius 1 is 1.77 bits per heavy atom. The lowest BCUT2D eigenvalue weighted by Crippen LogP contribution is -2.28. The molecule has 0 radical (unpaired) electrons. The average molecular weight is 179 g/mol. The van der Waals surface area contributed by atoms with Gasteiger partial charge in [-0.3, -0.25) is 16.4 Å². The number of anilines is 1. The number of nitrogens with zero attached hydrogens (tertiary/aromatic N) is 1. The van der Waals surface area contributed by atoms with Gasteiger partial charge in [-0.1, -0.05) is 0 Å². The first-order valence-electron chi connectivity index (χ1n) is 3.98. The summed E-state index contributed by atoms with van der Waals surface area (Å²) < 4.78 is 0. The van der Waals surface area contributed by atoms with Crippen LogP contribution in [0.4, 0.5) is 5.82 Å². The second-order valence-electron chi connectivity index (χ2n) is 2.70. The normalized spacial score (nSPS) is 12.3. The number of nitrogen functional groups attached to an aromatic ring is 1. The first-order chi connectivity index (χ1) is 6.29. The van der Waals surface area contributed by atoms with Crippen molar-refractivity contribution in [2.45, 2.75) is 18.9 Å². The number of nitrogens with two attached hydrogens (primary N) is 2. The lowest BCUT2D eigenvalue weighted by molar-refractivity contribution is 0.525. The van der Waals surface area contributed by atoms with E-state index >= 15 is 0 Å². The minimum absolute atomic E-state index is 0.0326. The van der Waals surface area contributed by atoms with Crippen molar-refractivity contribution in [3.05, 3.63) is 11.8 Å². The van der Waals surface area contributed by atoms with Gasteiger partial charge in [0.25, 0.3) is 0 Å². The maximum absolute atomic E-state index is 5.62. The fourth-order valence-corrected chi connectivity index (χ4v) is 1.14. The van der Waals surface area contributed by atoms with Crippen LogP contribution >= 0.6 is 0 Å². The number of terminal acetylenes is 1. The van der Waals surface area contributed by atoms with E-state index in [4.69, 9.17) is 18.0 Å². The number of aromatic amines is 1. The zero-order valence-corrected chi connectivity index (χ0v) is 7.25. The van der Waals surface area contributed by atoms with Gasteiger partial charge in [-0.15, -0.1) is 12.3 Å². The molecule has 0 aliphatic rings. The molecule has 1 heterocycles. The molecule has 0 aromatic carbocycles. The van der Waals surface area contributed by atoms with Crippen LogP contribution < -0.4 is 17.0 Å². The van der Waals surface area contributed by atoms with Gasteiger partial charge >= 0.3 is 0 Å². The van der Waals surface area contributed by atoms with E-state index in [1.54, 1.807) is 6.20 Å². The van der Waals surface area contributed by atoms with Crippen molar-refractivity contribution >= 4 is 5.82 Å². The number of aromatic nitrogens is 2. The maximum Gasteiger partial charge on any atom is 0.123 e. The summed E-state index contributed by atoms with van der Waals surface area (Å²) in [5, 5.41) is 6.44. The molecule has 0 saturated heterocycles. The Morgan fingerprint density at radius 3 is 3.00 bits per heavy atom. The van der Waals surface area contributed by atoms with Crippen LogP contribution in [0.3, 0.4) is 0 Å². The fraction of sp³-hybridized carbons (Fsp3) is 0.375. The summed E-state index contributed by atoms with van der Waals surface area (Å²) in [6.45, 7) is 0. The Balaban J connectivity index is 2.68. The van der Waals surface area contributed by atoms with Crippen molar-refractivity contribution in [3.63, 3.8) is 0 Å². The highest BCUT2D eigenvalue weighted by molar-refractivity contribution is 5.39. The molecule has 0 spiro atoms. The van der Waals surface area contributed by atoms with Crippen LogP contribution in [0.5, 0.6) is 0 Å². The van der Waals surface area contributed by atoms with E-state index in [9.17, 15) is 0 Å². The number of rotatable bonds is 4. The molecule has 0 aliphatic carbocycles. The number of H-pyrrole nitrogens is 1. The van der Waals surface area contributed by atoms with Crippen LogP contribution in [-0.4, -0.2) is 10.2 Å². The third-order valence-corrected chi connectivity index (χ3v) is 1.85. The van der Waals surface area contributed by atoms with E-state index in [-0.39, 0.29) is 6.04 Å². The average Bonchev–Trinajstić information content (AvgIpc) is 2.54. The van der Waals surface area contributed by atoms with Gasteiger partial charge in [-0.2, -0.15) is 5.10 Å². The summed E-state index contributed by atoms with van der Waals surface area (Å²) in [5.41, 5.74) is 9.13. The van der Waals surface area contributed by atoms with Crippen molar-refractivity contribution in [3.8, 4) is 12.3 Å². The molecule has 5 nitrogen and oxygen atoms in total. The van der Waals surface area contributed by atoms with E-state index in [2.05, 4.69) is 21.5 Å². The SMILES string of the molecule is C#CCCC(NN)c1cn[nH]c1N. The minimum Gasteiger partial charge on any atom is -0.384 e. The van der Waals surface area contributed by atoms with E-state index in [0.717, 1.165) is 12.0 Å². The predicted octanol–water partition coefficient (Wildman–Crippen LogP) is -0.0903. The van der Waals surface area contributed by atoms with E-state index < -0.39 is 0 Å². The van der Waals surface area contributed by atoms with Gasteiger partial charge in [0.1, 0.15) is 5.82 Å². The lowest BCUT2D eigenvalue weighted by atomic mass is 10.1. The Morgan fingerprint density at radius 2 is 2.54 bits per heavy atom. The smallest absolute Gasteiger partial charge is 0.123 e. The molecule has 5 heteroatoms. The molecular weight excluding hydrogens is 166 g/mol. The van der Waals surface area contributed by atoms with Crippen LogP contribution in [-0.2, 0) is 0 Å². The summed E-state index contributed by atoms with van der Waals surface area (Å²) in [4.78, 5) is 0. The van der Waals surface area contributed by atoms with E-state index in [1.165, 1.54) is 0 Å². The van der Waals surface area contributed by atoms with Gasteiger partial charge in [-0.25, -0.2) is 0 Å². The van der Waals surface area contributed by atoms with E-state index in [1.807, 2.05) is 0 Å². The molecule has 70 valence electrons. The first kappa shape index (κ1) is 9.58. The quantitative estimate of drug-likeness (QED) is 0.295. The molecule has 0 aliphatic heterocycles. The number of nitrogens with one attached hydrogen (secondary N) is 2. The molecule has 1 aromatic rings. The summed E-state index contributed by atoms with van der Waals surface area (Å²) in [6, 6.07) is -0.0326. The summed E-state index contributed by atoms with van der Waals surface area (Å²) in [6.07, 6.45) is 8.20. The van der Waals surface area contributed by atoms with Crippen LogP contribution in [0.2, 0.25) is 0 Å². The minimum atomic E-state index is -0.0326. The van der Waals surface area contributed by atoms with Gasteiger partial charge in [-0.05, 0) is 6.42 Å². The molecule has 0 saturated carbocycles. The second kappa shape index (κ2) is 4.50. The largest absolute Gasteiger partial charge is 0.384 e. The van der Waals surface area contributed by atoms with Crippen LogP contribution in [0.25, 0.3) is 0 Å². The molecule has 0 amide bonds. The predicted molar refractivity (Wildman–Crippen MR) is 51.1 cm³/mol. The number of hydrogen-bond donors (Lipinski definition) is 4. The van der Waals surface area contributed by atoms with Gasteiger partial charge in [0, 0.05) is 12.0 Å². The number of hydrogen-bond acceptors (Lipinski definition) is 4. The molecule has 6 N–H and O–H groups in total. The van der Waals surface area contributed by atoms with Crippen LogP contribution in [0, 0.1) is 12.3 Å². The van der Waals surface area contributed by atoms with Crippen molar-refractivity contribution in [1.29, 1.82) is 0 Å². The Bertz CT molecular complexity index is 298. The van der Waals surface area contributed by atoms with Gasteiger partial charge in [0.05, 0.1) is 12.2 Å². The topological polar surface area (TPSA) is 92.7 Å². The highest BCUT2D eigenvalue weighted by atomic mass is 15.2. The zero-order chi connectivity index (χ0) is 9.68. The Labute approximate surface area is 76.9 Å². The molecule has 0 bridgehead atoms. The molecule has 1 rings (SSSR count). The zero-order valence-electron chi connectivity index (χ0n) is 7.25. The summed E-state index contributed by atoms with van der Waals surface area (Å²) in [5.74, 6) is 8.43. The fourth-order valence-electron chi connectivity index (χ4n) is 1.14. The second-order valence-corrected chi connectivity index (χ2v) is 2.70. The van der Waals surface area contributed by atoms with Crippen molar-refractivity contribution in [2.75, 3.05) is 5.73 Å². The highest BCUT2D eigenvalue weighted by Gasteiger charge is 2.13. The Hall–Kier alpha value is -1.51. The Kier molecular flexibility index (Phi) is 3.31. The summed E-state index contributed by atoms with van der Waals surface area (Å²) in [7, 11) is 0. The lowest BCUT2D eigenvalue weighted by Gasteiger charge is -2.12.